The van der Waals surface area contributed by atoms with Crippen LogP contribution in [0.5, 0.6) is 5.75 Å². The molecule has 2 nitrogen and oxygen atoms in total. The molecular formula is C18H20O2. The van der Waals surface area contributed by atoms with E-state index in [0.29, 0.717) is 11.3 Å². The van der Waals surface area contributed by atoms with Gasteiger partial charge in [-0.1, -0.05) is 48.9 Å². The molecular weight excluding hydrogens is 248 g/mol. The van der Waals surface area contributed by atoms with Crippen LogP contribution in [0.3, 0.4) is 0 Å². The molecule has 2 rings (SSSR count). The molecule has 0 N–H and O–H groups in total. The number of benzene rings is 2. The Bertz CT molecular complexity index is 612. The predicted molar refractivity (Wildman–Crippen MR) is 81.7 cm³/mol. The van der Waals surface area contributed by atoms with Crippen molar-refractivity contribution in [3.8, 4) is 5.75 Å². The Morgan fingerprint density at radius 1 is 1.10 bits per heavy atom. The molecule has 104 valence electrons. The molecule has 2 aromatic rings. The second-order valence-corrected chi connectivity index (χ2v) is 5.11. The minimum Gasteiger partial charge on any atom is -0.496 e. The Balaban J connectivity index is 2.51. The van der Waals surface area contributed by atoms with Crippen LogP contribution < -0.4 is 4.74 Å². The van der Waals surface area contributed by atoms with Crippen molar-refractivity contribution in [2.45, 2.75) is 26.7 Å². The standard InChI is InChI=1S/C18H20O2/c1-12-8-10-15(11-9-12)13(2)16-6-5-7-17(20-4)18(16)14(3)19/h5-11,13H,1-4H3. The van der Waals surface area contributed by atoms with Gasteiger partial charge in [-0.2, -0.15) is 0 Å². The average molecular weight is 268 g/mol. The molecule has 2 aromatic carbocycles. The van der Waals surface area contributed by atoms with Crippen molar-refractivity contribution in [2.75, 3.05) is 7.11 Å². The lowest BCUT2D eigenvalue weighted by Gasteiger charge is -2.18. The molecule has 0 fully saturated rings. The largest absolute Gasteiger partial charge is 0.496 e. The summed E-state index contributed by atoms with van der Waals surface area (Å²) in [6, 6.07) is 14.2. The van der Waals surface area contributed by atoms with Crippen LogP contribution in [-0.2, 0) is 0 Å². The summed E-state index contributed by atoms with van der Waals surface area (Å²) in [5.41, 5.74) is 4.13. The first kappa shape index (κ1) is 14.3. The van der Waals surface area contributed by atoms with E-state index in [1.54, 1.807) is 14.0 Å². The summed E-state index contributed by atoms with van der Waals surface area (Å²) < 4.78 is 5.33. The summed E-state index contributed by atoms with van der Waals surface area (Å²) >= 11 is 0. The average Bonchev–Trinajstić information content (AvgIpc) is 2.46. The second-order valence-electron chi connectivity index (χ2n) is 5.11. The monoisotopic (exact) mass is 268 g/mol. The summed E-state index contributed by atoms with van der Waals surface area (Å²) in [5, 5.41) is 0. The van der Waals surface area contributed by atoms with Crippen LogP contribution in [0.25, 0.3) is 0 Å². The fourth-order valence-electron chi connectivity index (χ4n) is 2.49. The number of rotatable bonds is 4. The van der Waals surface area contributed by atoms with Crippen molar-refractivity contribution < 1.29 is 9.53 Å². The zero-order chi connectivity index (χ0) is 14.7. The van der Waals surface area contributed by atoms with Crippen LogP contribution in [-0.4, -0.2) is 12.9 Å². The fourth-order valence-corrected chi connectivity index (χ4v) is 2.49. The minimum atomic E-state index is 0.0383. The van der Waals surface area contributed by atoms with Crippen LogP contribution in [0.2, 0.25) is 0 Å². The highest BCUT2D eigenvalue weighted by atomic mass is 16.5. The number of hydrogen-bond donors (Lipinski definition) is 0. The van der Waals surface area contributed by atoms with Gasteiger partial charge in [0.15, 0.2) is 5.78 Å². The highest BCUT2D eigenvalue weighted by Crippen LogP contribution is 2.32. The van der Waals surface area contributed by atoms with Gasteiger partial charge in [-0.05, 0) is 31.0 Å². The maximum absolute atomic E-state index is 12.0. The first-order chi connectivity index (χ1) is 9.54. The van der Waals surface area contributed by atoms with Crippen molar-refractivity contribution in [2.24, 2.45) is 0 Å². The molecule has 1 unspecified atom stereocenters. The van der Waals surface area contributed by atoms with E-state index in [2.05, 4.69) is 38.1 Å². The molecule has 0 aliphatic rings. The van der Waals surface area contributed by atoms with Gasteiger partial charge in [-0.15, -0.1) is 0 Å². The van der Waals surface area contributed by atoms with Gasteiger partial charge in [0, 0.05) is 5.92 Å². The summed E-state index contributed by atoms with van der Waals surface area (Å²) in [6.45, 7) is 5.77. The molecule has 0 spiro atoms. The Morgan fingerprint density at radius 2 is 1.75 bits per heavy atom. The van der Waals surface area contributed by atoms with Gasteiger partial charge in [-0.25, -0.2) is 0 Å². The fraction of sp³-hybridized carbons (Fsp3) is 0.278. The molecule has 0 saturated carbocycles. The molecule has 0 amide bonds. The highest BCUT2D eigenvalue weighted by Gasteiger charge is 2.19. The van der Waals surface area contributed by atoms with E-state index in [0.717, 1.165) is 5.56 Å². The van der Waals surface area contributed by atoms with Gasteiger partial charge in [0.25, 0.3) is 0 Å². The second kappa shape index (κ2) is 5.91. The molecule has 1 atom stereocenters. The Morgan fingerprint density at radius 3 is 2.30 bits per heavy atom. The van der Waals surface area contributed by atoms with Crippen LogP contribution in [0.15, 0.2) is 42.5 Å². The first-order valence-corrected chi connectivity index (χ1v) is 6.79. The summed E-state index contributed by atoms with van der Waals surface area (Å²) in [5.74, 6) is 0.843. The third kappa shape index (κ3) is 2.74. The van der Waals surface area contributed by atoms with Crippen molar-refractivity contribution >= 4 is 5.78 Å². The maximum Gasteiger partial charge on any atom is 0.163 e. The van der Waals surface area contributed by atoms with Crippen LogP contribution >= 0.6 is 0 Å². The van der Waals surface area contributed by atoms with E-state index in [4.69, 9.17) is 4.74 Å². The van der Waals surface area contributed by atoms with E-state index in [1.165, 1.54) is 11.1 Å². The molecule has 0 radical (unpaired) electrons. The number of carbonyl (C=O) groups excluding carboxylic acids is 1. The van der Waals surface area contributed by atoms with Gasteiger partial charge in [-0.3, -0.25) is 4.79 Å². The van der Waals surface area contributed by atoms with Crippen molar-refractivity contribution in [3.05, 3.63) is 64.7 Å². The van der Waals surface area contributed by atoms with E-state index < -0.39 is 0 Å². The third-order valence-electron chi connectivity index (χ3n) is 3.67. The van der Waals surface area contributed by atoms with Crippen molar-refractivity contribution in [1.82, 2.24) is 0 Å². The molecule has 0 aliphatic heterocycles. The van der Waals surface area contributed by atoms with Crippen molar-refractivity contribution in [3.63, 3.8) is 0 Å². The van der Waals surface area contributed by atoms with Crippen molar-refractivity contribution in [1.29, 1.82) is 0 Å². The molecule has 0 aliphatic carbocycles. The SMILES string of the molecule is COc1cccc(C(C)c2ccc(C)cc2)c1C(C)=O. The van der Waals surface area contributed by atoms with Crippen LogP contribution in [0.1, 0.15) is 46.8 Å². The molecule has 0 aromatic heterocycles. The number of aryl methyl sites for hydroxylation is 1. The summed E-state index contributed by atoms with van der Waals surface area (Å²) in [7, 11) is 1.60. The van der Waals surface area contributed by atoms with E-state index >= 15 is 0 Å². The topological polar surface area (TPSA) is 26.3 Å². The smallest absolute Gasteiger partial charge is 0.163 e. The zero-order valence-electron chi connectivity index (χ0n) is 12.4. The van der Waals surface area contributed by atoms with Crippen LogP contribution in [0.4, 0.5) is 0 Å². The van der Waals surface area contributed by atoms with Gasteiger partial charge in [0.05, 0.1) is 12.7 Å². The number of hydrogen-bond acceptors (Lipinski definition) is 2. The predicted octanol–water partition coefficient (Wildman–Crippen LogP) is 4.36. The summed E-state index contributed by atoms with van der Waals surface area (Å²) in [6.07, 6.45) is 0. The lowest BCUT2D eigenvalue weighted by Crippen LogP contribution is -2.07. The number of carbonyl (C=O) groups is 1. The lowest BCUT2D eigenvalue weighted by molar-refractivity contribution is 0.101. The quantitative estimate of drug-likeness (QED) is 0.770. The number of Topliss-reactive ketones (excluding diaryl/α,β-unsaturated/α-hetero) is 1. The number of methoxy groups -OCH3 is 1. The van der Waals surface area contributed by atoms with Gasteiger partial charge in [0.1, 0.15) is 5.75 Å². The van der Waals surface area contributed by atoms with Crippen LogP contribution in [0, 0.1) is 6.92 Å². The van der Waals surface area contributed by atoms with Gasteiger partial charge < -0.3 is 4.74 Å². The Labute approximate surface area is 120 Å². The minimum absolute atomic E-state index is 0.0383. The molecule has 2 heteroatoms. The van der Waals surface area contributed by atoms with Gasteiger partial charge in [0.2, 0.25) is 0 Å². The first-order valence-electron chi connectivity index (χ1n) is 6.79. The summed E-state index contributed by atoms with van der Waals surface area (Å²) in [4.78, 5) is 12.0. The molecule has 20 heavy (non-hydrogen) atoms. The van der Waals surface area contributed by atoms with Gasteiger partial charge >= 0.3 is 0 Å². The molecule has 0 bridgehead atoms. The third-order valence-corrected chi connectivity index (χ3v) is 3.67. The highest BCUT2D eigenvalue weighted by molar-refractivity contribution is 5.98. The Hall–Kier alpha value is -2.09. The van der Waals surface area contributed by atoms with E-state index in [-0.39, 0.29) is 11.7 Å². The lowest BCUT2D eigenvalue weighted by atomic mass is 9.88. The number of ether oxygens (including phenoxy) is 1. The van der Waals surface area contributed by atoms with E-state index in [1.807, 2.05) is 18.2 Å². The Kier molecular flexibility index (Phi) is 4.23. The van der Waals surface area contributed by atoms with E-state index in [9.17, 15) is 4.79 Å². The molecule has 0 heterocycles. The zero-order valence-corrected chi connectivity index (χ0v) is 12.4. The maximum atomic E-state index is 12.0. The number of ketones is 1. The normalized spacial score (nSPS) is 12.0. The molecule has 0 saturated heterocycles.